The first-order chi connectivity index (χ1) is 36.5. The maximum atomic E-state index is 9.41. The van der Waals surface area contributed by atoms with Crippen LogP contribution < -0.4 is 19.1 Å². The molecule has 0 bridgehead atoms. The summed E-state index contributed by atoms with van der Waals surface area (Å²) in [5, 5.41) is 28.1. The van der Waals surface area contributed by atoms with E-state index in [0.29, 0.717) is 53.6 Å². The van der Waals surface area contributed by atoms with Crippen LogP contribution in [0.1, 0.15) is 92.5 Å². The first kappa shape index (κ1) is 53.4. The van der Waals surface area contributed by atoms with Crippen LogP contribution in [-0.2, 0) is 31.5 Å². The van der Waals surface area contributed by atoms with Crippen molar-refractivity contribution in [2.24, 2.45) is 0 Å². The third kappa shape index (κ3) is 15.6. The van der Waals surface area contributed by atoms with Gasteiger partial charge in [-0.1, -0.05) is 82.6 Å². The van der Waals surface area contributed by atoms with Gasteiger partial charge in [-0.3, -0.25) is 0 Å². The Morgan fingerprint density at radius 2 is 0.893 bits per heavy atom. The van der Waals surface area contributed by atoms with Crippen molar-refractivity contribution >= 4 is 5.69 Å². The van der Waals surface area contributed by atoms with Gasteiger partial charge in [-0.25, -0.2) is 15.0 Å². The second-order valence-corrected chi connectivity index (χ2v) is 18.7. The number of anilines is 1. The summed E-state index contributed by atoms with van der Waals surface area (Å²) in [5.74, 6) is 3.96. The van der Waals surface area contributed by atoms with E-state index in [0.717, 1.165) is 65.6 Å². The van der Waals surface area contributed by atoms with Gasteiger partial charge in [0.2, 0.25) is 0 Å². The number of benzene rings is 6. The quantitative estimate of drug-likeness (QED) is 0.0860. The molecular weight excluding hydrogens is 933 g/mol. The van der Waals surface area contributed by atoms with Crippen LogP contribution in [0.4, 0.5) is 5.69 Å². The Kier molecular flexibility index (Phi) is 18.8. The van der Waals surface area contributed by atoms with Crippen molar-refractivity contribution in [3.63, 3.8) is 0 Å². The van der Waals surface area contributed by atoms with E-state index in [1.54, 1.807) is 55.8 Å². The van der Waals surface area contributed by atoms with E-state index in [2.05, 4.69) is 97.8 Å². The van der Waals surface area contributed by atoms with Crippen LogP contribution in [0.5, 0.6) is 34.5 Å². The second kappa shape index (κ2) is 26.4. The van der Waals surface area contributed by atoms with Gasteiger partial charge in [0.25, 0.3) is 0 Å². The lowest BCUT2D eigenvalue weighted by Crippen LogP contribution is -2.21. The fraction of sp³-hybridized carbons (Fsp3) is 0.226. The molecule has 0 aliphatic rings. The highest BCUT2D eigenvalue weighted by molar-refractivity contribution is 5.54. The Morgan fingerprint density at radius 3 is 1.28 bits per heavy atom. The number of hydrogen-bond acceptors (Lipinski definition) is 10. The third-order valence-corrected chi connectivity index (χ3v) is 12.0. The van der Waals surface area contributed by atoms with Gasteiger partial charge in [-0.05, 0) is 126 Å². The van der Waals surface area contributed by atoms with Crippen LogP contribution >= 0.6 is 0 Å². The molecule has 0 aliphatic carbocycles. The summed E-state index contributed by atoms with van der Waals surface area (Å²) in [6.07, 6.45) is 18.4. The summed E-state index contributed by atoms with van der Waals surface area (Å²) in [6, 6.07) is 47.6. The predicted octanol–water partition coefficient (Wildman–Crippen LogP) is 13.9. The van der Waals surface area contributed by atoms with E-state index >= 15 is 0 Å². The van der Waals surface area contributed by atoms with Crippen molar-refractivity contribution in [3.05, 3.63) is 228 Å². The Morgan fingerprint density at radius 1 is 0.480 bits per heavy atom. The molecule has 0 amide bonds. The lowest BCUT2D eigenvalue weighted by molar-refractivity contribution is 0.476. The molecule has 0 aliphatic heterocycles. The van der Waals surface area contributed by atoms with Gasteiger partial charge in [-0.15, -0.1) is 0 Å². The van der Waals surface area contributed by atoms with Crippen LogP contribution in [0.15, 0.2) is 184 Å². The molecule has 75 heavy (non-hydrogen) atoms. The Bertz CT molecular complexity index is 3350. The zero-order valence-electron chi connectivity index (χ0n) is 43.5. The lowest BCUT2D eigenvalue weighted by atomic mass is 9.87. The molecule has 13 heteroatoms. The number of nitriles is 3. The fourth-order valence-corrected chi connectivity index (χ4v) is 8.09. The molecule has 3 aromatic heterocycles. The fourth-order valence-electron chi connectivity index (χ4n) is 8.09. The Balaban J connectivity index is 0.000000164. The number of rotatable bonds is 17. The van der Waals surface area contributed by atoms with Crippen LogP contribution in [0, 0.1) is 34.0 Å². The molecule has 378 valence electrons. The Hall–Kier alpha value is -9.38. The normalized spacial score (nSPS) is 10.6. The van der Waals surface area contributed by atoms with Crippen LogP contribution in [-0.4, -0.2) is 41.7 Å². The van der Waals surface area contributed by atoms with Crippen molar-refractivity contribution in [1.82, 2.24) is 28.7 Å². The van der Waals surface area contributed by atoms with E-state index in [1.807, 2.05) is 123 Å². The lowest BCUT2D eigenvalue weighted by Gasteiger charge is -2.21. The van der Waals surface area contributed by atoms with Crippen molar-refractivity contribution in [2.45, 2.75) is 79.4 Å². The first-order valence-electron chi connectivity index (χ1n) is 25.0. The predicted molar refractivity (Wildman–Crippen MR) is 293 cm³/mol. The molecule has 9 aromatic rings. The van der Waals surface area contributed by atoms with Gasteiger partial charge in [0.1, 0.15) is 52.7 Å². The summed E-state index contributed by atoms with van der Waals surface area (Å²) >= 11 is 0. The van der Waals surface area contributed by atoms with Gasteiger partial charge in [-0.2, -0.15) is 15.8 Å². The van der Waals surface area contributed by atoms with Crippen LogP contribution in [0.2, 0.25) is 0 Å². The molecule has 0 N–H and O–H groups in total. The summed E-state index contributed by atoms with van der Waals surface area (Å²) in [4.78, 5) is 14.4. The maximum absolute atomic E-state index is 9.41. The van der Waals surface area contributed by atoms with E-state index in [-0.39, 0.29) is 5.41 Å². The summed E-state index contributed by atoms with van der Waals surface area (Å²) in [5.41, 5.74) is 8.33. The van der Waals surface area contributed by atoms with Gasteiger partial charge in [0.05, 0.1) is 35.7 Å². The monoisotopic (exact) mass is 995 g/mol. The highest BCUT2D eigenvalue weighted by atomic mass is 16.5. The molecule has 0 unspecified atom stereocenters. The molecule has 13 nitrogen and oxygen atoms in total. The van der Waals surface area contributed by atoms with Crippen molar-refractivity contribution in [1.29, 1.82) is 15.8 Å². The minimum atomic E-state index is 0.0424. The largest absolute Gasteiger partial charge is 0.456 e. The molecule has 0 radical (unpaired) electrons. The van der Waals surface area contributed by atoms with E-state index in [4.69, 9.17) is 14.2 Å². The molecule has 0 atom stereocenters. The minimum absolute atomic E-state index is 0.0424. The Labute approximate surface area is 440 Å². The number of imidazole rings is 3. The SMILES string of the molecule is CC(C)(C)c1cccc(Oc2cc(Cn3ccnc3)ccc2C#N)c1.CCCc1cccc(Oc2cc(Cn3ccnc3)ccc2C#N)c1.CCN(CC)c1cccc(Oc2cc(Cn3ccnc3)ccc2C#N)c1. The summed E-state index contributed by atoms with van der Waals surface area (Å²) in [6.45, 7) is 16.8. The average molecular weight is 995 g/mol. The topological polar surface area (TPSA) is 156 Å². The first-order valence-corrected chi connectivity index (χ1v) is 25.0. The standard InChI is InChI=1S/C21H22N4O.C21H21N3O.C20H19N3O/c1-3-25(4-2)19-6-5-7-20(13-19)26-21-12-17(8-9-18(21)14-22)15-24-11-10-23-16-24;1-21(2,3)18-5-4-6-19(12-18)25-20-11-16(7-8-17(20)13-22)14-24-10-9-23-15-24;1-2-4-16-5-3-6-19(11-16)24-20-12-17(7-8-18(20)13-21)14-23-10-9-22-15-23/h5-13,16H,3-4,15H2,1-2H3;4-12,15H,14H2,1-3H3;3,5-12,15H,2,4,14H2,1H3. The number of ether oxygens (including phenoxy) is 3. The third-order valence-electron chi connectivity index (χ3n) is 12.0. The highest BCUT2D eigenvalue weighted by Crippen LogP contribution is 2.33. The number of nitrogens with zero attached hydrogens (tertiary/aromatic N) is 10. The smallest absolute Gasteiger partial charge is 0.145 e. The molecule has 3 heterocycles. The van der Waals surface area contributed by atoms with E-state index in [9.17, 15) is 15.8 Å². The average Bonchev–Trinajstić information content (AvgIpc) is 4.25. The molecular formula is C62H62N10O3. The zero-order chi connectivity index (χ0) is 53.0. The van der Waals surface area contributed by atoms with Gasteiger partial charge in [0, 0.05) is 81.7 Å². The summed E-state index contributed by atoms with van der Waals surface area (Å²) < 4.78 is 24.0. The molecule has 6 aromatic carbocycles. The van der Waals surface area contributed by atoms with E-state index < -0.39 is 0 Å². The maximum Gasteiger partial charge on any atom is 0.145 e. The molecule has 9 rings (SSSR count). The van der Waals surface area contributed by atoms with Crippen LogP contribution in [0.3, 0.4) is 0 Å². The minimum Gasteiger partial charge on any atom is -0.456 e. The molecule has 0 saturated heterocycles. The van der Waals surface area contributed by atoms with Gasteiger partial charge >= 0.3 is 0 Å². The van der Waals surface area contributed by atoms with E-state index in [1.165, 1.54) is 11.1 Å². The van der Waals surface area contributed by atoms with Crippen LogP contribution in [0.25, 0.3) is 0 Å². The highest BCUT2D eigenvalue weighted by Gasteiger charge is 2.16. The molecule has 0 saturated carbocycles. The number of aromatic nitrogens is 6. The van der Waals surface area contributed by atoms with Gasteiger partial charge < -0.3 is 32.8 Å². The zero-order valence-corrected chi connectivity index (χ0v) is 43.5. The molecule has 0 spiro atoms. The number of aryl methyl sites for hydroxylation is 1. The van der Waals surface area contributed by atoms with Crippen molar-refractivity contribution in [2.75, 3.05) is 18.0 Å². The van der Waals surface area contributed by atoms with Crippen molar-refractivity contribution < 1.29 is 14.2 Å². The van der Waals surface area contributed by atoms with Crippen molar-refractivity contribution in [3.8, 4) is 52.7 Å². The van der Waals surface area contributed by atoms with Gasteiger partial charge in [0.15, 0.2) is 0 Å². The summed E-state index contributed by atoms with van der Waals surface area (Å²) in [7, 11) is 0. The molecule has 0 fully saturated rings. The second-order valence-electron chi connectivity index (χ2n) is 18.7. The number of hydrogen-bond donors (Lipinski definition) is 0.